The van der Waals surface area contributed by atoms with Gasteiger partial charge in [-0.3, -0.25) is 0 Å². The molecule has 0 N–H and O–H groups in total. The summed E-state index contributed by atoms with van der Waals surface area (Å²) < 4.78 is 0. The summed E-state index contributed by atoms with van der Waals surface area (Å²) in [7, 11) is 0. The maximum atomic E-state index is 2.48. The molecule has 0 amide bonds. The monoisotopic (exact) mass is 566 g/mol. The zero-order chi connectivity index (χ0) is 26.8. The number of aryl methyl sites for hydroxylation is 1. The Balaban J connectivity index is 2.57. The molecule has 1 aromatic carbocycles. The zero-order valence-corrected chi connectivity index (χ0v) is 27.8. The molecule has 37 heavy (non-hydrogen) atoms. The minimum atomic E-state index is 1.28. The summed E-state index contributed by atoms with van der Waals surface area (Å²) in [6.07, 6.45) is 29.5. The molecule has 0 radical (unpaired) electrons. The van der Waals surface area contributed by atoms with Gasteiger partial charge in [0.05, 0.1) is 0 Å². The highest BCUT2D eigenvalue weighted by molar-refractivity contribution is 8.03. The SMILES string of the molecule is CCCCCCCCCSc1cc(C)cc(SCCCCCCCCC)c1SCCCCCCCCC. The van der Waals surface area contributed by atoms with E-state index in [2.05, 4.69) is 75.1 Å². The van der Waals surface area contributed by atoms with Crippen LogP contribution in [0.4, 0.5) is 0 Å². The quantitative estimate of drug-likeness (QED) is 0.0767. The van der Waals surface area contributed by atoms with Crippen molar-refractivity contribution in [1.29, 1.82) is 0 Å². The molecule has 0 aromatic heterocycles. The Kier molecular flexibility index (Phi) is 25.3. The van der Waals surface area contributed by atoms with Gasteiger partial charge in [0.15, 0.2) is 0 Å². The molecule has 216 valence electrons. The van der Waals surface area contributed by atoms with Crippen molar-refractivity contribution in [3.63, 3.8) is 0 Å². The van der Waals surface area contributed by atoms with E-state index in [-0.39, 0.29) is 0 Å². The van der Waals surface area contributed by atoms with Crippen LogP contribution in [-0.2, 0) is 0 Å². The molecular weight excluding hydrogens is 505 g/mol. The van der Waals surface area contributed by atoms with Crippen LogP contribution in [0.25, 0.3) is 0 Å². The van der Waals surface area contributed by atoms with Crippen LogP contribution in [0.5, 0.6) is 0 Å². The third kappa shape index (κ3) is 19.9. The van der Waals surface area contributed by atoms with Crippen molar-refractivity contribution in [2.75, 3.05) is 17.3 Å². The third-order valence-electron chi connectivity index (χ3n) is 7.17. The first-order valence-corrected chi connectivity index (χ1v) is 19.2. The minimum Gasteiger partial charge on any atom is -0.125 e. The van der Waals surface area contributed by atoms with Crippen molar-refractivity contribution >= 4 is 35.3 Å². The molecule has 0 heterocycles. The maximum Gasteiger partial charge on any atom is 0.0344 e. The molecule has 0 bridgehead atoms. The summed E-state index contributed by atoms with van der Waals surface area (Å²) >= 11 is 6.45. The van der Waals surface area contributed by atoms with Crippen molar-refractivity contribution < 1.29 is 0 Å². The molecular formula is C34H62S3. The van der Waals surface area contributed by atoms with Gasteiger partial charge in [0, 0.05) is 14.7 Å². The van der Waals surface area contributed by atoms with Crippen LogP contribution in [0.15, 0.2) is 26.8 Å². The predicted molar refractivity (Wildman–Crippen MR) is 177 cm³/mol. The average Bonchev–Trinajstić information content (AvgIpc) is 2.89. The number of hydrogen-bond donors (Lipinski definition) is 0. The van der Waals surface area contributed by atoms with Gasteiger partial charge < -0.3 is 0 Å². The van der Waals surface area contributed by atoms with Gasteiger partial charge in [-0.25, -0.2) is 0 Å². The van der Waals surface area contributed by atoms with Crippen LogP contribution >= 0.6 is 35.3 Å². The van der Waals surface area contributed by atoms with E-state index in [0.717, 1.165) is 0 Å². The molecule has 0 saturated heterocycles. The van der Waals surface area contributed by atoms with Crippen molar-refractivity contribution in [3.8, 4) is 0 Å². The van der Waals surface area contributed by atoms with Crippen LogP contribution < -0.4 is 0 Å². The summed E-state index contributed by atoms with van der Waals surface area (Å²) in [5.41, 5.74) is 1.45. The number of hydrogen-bond acceptors (Lipinski definition) is 3. The molecule has 1 rings (SSSR count). The van der Waals surface area contributed by atoms with E-state index in [4.69, 9.17) is 0 Å². The van der Waals surface area contributed by atoms with Gasteiger partial charge in [-0.1, -0.05) is 136 Å². The largest absolute Gasteiger partial charge is 0.125 e. The standard InChI is InChI=1S/C34H62S3/c1-5-8-11-14-17-20-23-26-35-32-29-31(4)30-33(36-27-24-21-18-15-12-9-6-2)34(32)37-28-25-22-19-16-13-10-7-3/h29-30H,5-28H2,1-4H3. The van der Waals surface area contributed by atoms with E-state index in [1.165, 1.54) is 158 Å². The summed E-state index contributed by atoms with van der Waals surface area (Å²) in [6.45, 7) is 9.23. The summed E-state index contributed by atoms with van der Waals surface area (Å²) in [4.78, 5) is 4.75. The third-order valence-corrected chi connectivity index (χ3v) is 10.9. The van der Waals surface area contributed by atoms with E-state index >= 15 is 0 Å². The number of benzene rings is 1. The van der Waals surface area contributed by atoms with Crippen LogP contribution in [0.2, 0.25) is 0 Å². The second-order valence-electron chi connectivity index (χ2n) is 11.0. The molecule has 0 atom stereocenters. The average molecular weight is 567 g/mol. The molecule has 0 fully saturated rings. The Morgan fingerprint density at radius 1 is 0.405 bits per heavy atom. The topological polar surface area (TPSA) is 0 Å². The second-order valence-corrected chi connectivity index (χ2v) is 14.4. The highest BCUT2D eigenvalue weighted by Crippen LogP contribution is 2.41. The van der Waals surface area contributed by atoms with E-state index < -0.39 is 0 Å². The first-order valence-electron chi connectivity index (χ1n) is 16.3. The van der Waals surface area contributed by atoms with Crippen molar-refractivity contribution in [2.24, 2.45) is 0 Å². The molecule has 1 aromatic rings. The Labute approximate surface area is 246 Å². The van der Waals surface area contributed by atoms with Crippen molar-refractivity contribution in [2.45, 2.75) is 177 Å². The Morgan fingerprint density at radius 2 is 0.703 bits per heavy atom. The highest BCUT2D eigenvalue weighted by Gasteiger charge is 2.12. The van der Waals surface area contributed by atoms with Crippen molar-refractivity contribution in [1.82, 2.24) is 0 Å². The number of unbranched alkanes of at least 4 members (excludes halogenated alkanes) is 18. The van der Waals surface area contributed by atoms with Crippen LogP contribution in [-0.4, -0.2) is 17.3 Å². The lowest BCUT2D eigenvalue weighted by atomic mass is 10.1. The maximum absolute atomic E-state index is 2.48. The molecule has 0 nitrogen and oxygen atoms in total. The van der Waals surface area contributed by atoms with Gasteiger partial charge in [0.25, 0.3) is 0 Å². The van der Waals surface area contributed by atoms with Gasteiger partial charge >= 0.3 is 0 Å². The van der Waals surface area contributed by atoms with Crippen LogP contribution in [0, 0.1) is 6.92 Å². The van der Waals surface area contributed by atoms with E-state index in [0.29, 0.717) is 0 Å². The van der Waals surface area contributed by atoms with Crippen LogP contribution in [0.1, 0.15) is 161 Å². The van der Waals surface area contributed by atoms with E-state index in [1.807, 2.05) is 0 Å². The first-order chi connectivity index (χ1) is 18.2. The van der Waals surface area contributed by atoms with E-state index in [1.54, 1.807) is 14.7 Å². The molecule has 0 unspecified atom stereocenters. The lowest BCUT2D eigenvalue weighted by molar-refractivity contribution is 0.603. The van der Waals surface area contributed by atoms with Gasteiger partial charge in [-0.05, 0) is 61.1 Å². The first kappa shape index (κ1) is 35.3. The van der Waals surface area contributed by atoms with E-state index in [9.17, 15) is 0 Å². The van der Waals surface area contributed by atoms with Gasteiger partial charge in [-0.15, -0.1) is 35.3 Å². The molecule has 0 aliphatic carbocycles. The lowest BCUT2D eigenvalue weighted by Crippen LogP contribution is -1.92. The summed E-state index contributed by atoms with van der Waals surface area (Å²) in [5.74, 6) is 3.85. The molecule has 3 heteroatoms. The smallest absolute Gasteiger partial charge is 0.0344 e. The van der Waals surface area contributed by atoms with Crippen molar-refractivity contribution in [3.05, 3.63) is 17.7 Å². The van der Waals surface area contributed by atoms with Gasteiger partial charge in [-0.2, -0.15) is 0 Å². The Bertz CT molecular complexity index is 586. The second kappa shape index (κ2) is 26.5. The van der Waals surface area contributed by atoms with Gasteiger partial charge in [0.1, 0.15) is 0 Å². The molecule has 0 aliphatic rings. The lowest BCUT2D eigenvalue weighted by Gasteiger charge is -2.16. The Morgan fingerprint density at radius 3 is 1.05 bits per heavy atom. The highest BCUT2D eigenvalue weighted by atomic mass is 32.2. The fourth-order valence-electron chi connectivity index (χ4n) is 4.78. The summed E-state index contributed by atoms with van der Waals surface area (Å²) in [6, 6.07) is 4.97. The molecule has 0 spiro atoms. The fraction of sp³-hybridized carbons (Fsp3) is 0.824. The minimum absolute atomic E-state index is 1.28. The predicted octanol–water partition coefficient (Wildman–Crippen LogP) is 13.5. The molecule has 0 aliphatic heterocycles. The van der Waals surface area contributed by atoms with Gasteiger partial charge in [0.2, 0.25) is 0 Å². The summed E-state index contributed by atoms with van der Waals surface area (Å²) in [5, 5.41) is 0. The fourth-order valence-corrected chi connectivity index (χ4v) is 8.66. The molecule has 0 saturated carbocycles. The Hall–Kier alpha value is 0.270. The normalized spacial score (nSPS) is 11.5. The zero-order valence-electron chi connectivity index (χ0n) is 25.4. The number of thioether (sulfide) groups is 3. The van der Waals surface area contributed by atoms with Crippen LogP contribution in [0.3, 0.4) is 0 Å². The number of rotatable bonds is 27.